The Morgan fingerprint density at radius 1 is 1.57 bits per heavy atom. The summed E-state index contributed by atoms with van der Waals surface area (Å²) in [5, 5.41) is 0.277. The molecule has 0 radical (unpaired) electrons. The zero-order valence-electron chi connectivity index (χ0n) is 7.04. The monoisotopic (exact) mass is 271 g/mol. The van der Waals surface area contributed by atoms with E-state index in [1.54, 1.807) is 12.1 Å². The van der Waals surface area contributed by atoms with E-state index >= 15 is 0 Å². The number of aromatic amines is 1. The molecule has 0 saturated carbocycles. The fraction of sp³-hybridized carbons (Fsp3) is 0.111. The van der Waals surface area contributed by atoms with Gasteiger partial charge in [0.25, 0.3) is 4.84 Å². The van der Waals surface area contributed by atoms with Crippen molar-refractivity contribution in [2.75, 3.05) is 5.33 Å². The van der Waals surface area contributed by atoms with Crippen molar-refractivity contribution in [2.24, 2.45) is 0 Å². The number of fused-ring (bicyclic) bond motifs is 1. The van der Waals surface area contributed by atoms with Crippen LogP contribution in [0.1, 0.15) is 10.4 Å². The number of H-pyrrole nitrogens is 1. The molecule has 2 rings (SSSR count). The lowest BCUT2D eigenvalue weighted by Crippen LogP contribution is -1.99. The van der Waals surface area contributed by atoms with Crippen LogP contribution in [-0.4, -0.2) is 16.1 Å². The zero-order valence-corrected chi connectivity index (χ0v) is 9.44. The average Bonchev–Trinajstić information content (AvgIpc) is 2.56. The van der Waals surface area contributed by atoms with Gasteiger partial charge in [0, 0.05) is 0 Å². The van der Waals surface area contributed by atoms with E-state index in [-0.39, 0.29) is 16.0 Å². The van der Waals surface area contributed by atoms with E-state index in [0.717, 1.165) is 5.52 Å². The van der Waals surface area contributed by atoms with Crippen molar-refractivity contribution in [3.8, 4) is 0 Å². The van der Waals surface area contributed by atoms with E-state index in [9.17, 15) is 4.79 Å². The molecule has 0 saturated heterocycles. The van der Waals surface area contributed by atoms with E-state index in [1.165, 1.54) is 0 Å². The summed E-state index contributed by atoms with van der Waals surface area (Å²) in [6.07, 6.45) is 0. The molecule has 0 amide bonds. The number of nitrogens with one attached hydrogen (secondary N) is 1. The number of carbonyl (C=O) groups is 1. The highest BCUT2D eigenvalue weighted by Crippen LogP contribution is 2.19. The van der Waals surface area contributed by atoms with E-state index in [4.69, 9.17) is 16.6 Å². The first-order valence-electron chi connectivity index (χ1n) is 3.93. The summed E-state index contributed by atoms with van der Waals surface area (Å²) in [6, 6.07) is 5.33. The Balaban J connectivity index is 2.76. The van der Waals surface area contributed by atoms with Gasteiger partial charge in [-0.2, -0.15) is 0 Å². The minimum Gasteiger partial charge on any atom is -0.429 e. The lowest BCUT2D eigenvalue weighted by Gasteiger charge is -1.96. The van der Waals surface area contributed by atoms with Crippen LogP contribution in [0.4, 0.5) is 0 Å². The van der Waals surface area contributed by atoms with Crippen molar-refractivity contribution in [1.29, 1.82) is 0 Å². The number of para-hydroxylation sites is 1. The lowest BCUT2D eigenvalue weighted by molar-refractivity contribution is 0.102. The fourth-order valence-electron chi connectivity index (χ4n) is 1.27. The van der Waals surface area contributed by atoms with Crippen molar-refractivity contribution in [3.63, 3.8) is 0 Å². The smallest absolute Gasteiger partial charge is 0.266 e. The number of aromatic nitrogens is 1. The Hall–Kier alpha value is -0.940. The van der Waals surface area contributed by atoms with Crippen LogP contribution in [0.15, 0.2) is 22.6 Å². The predicted molar refractivity (Wildman–Crippen MR) is 59.5 cm³/mol. The number of ketones is 1. The summed E-state index contributed by atoms with van der Waals surface area (Å²) >= 11 is 7.97. The van der Waals surface area contributed by atoms with Gasteiger partial charge in [-0.15, -0.1) is 0 Å². The standard InChI is InChI=1S/C9H6BrNO2S/c10-4-7(12)5-2-1-3-6-8(5)13-9(14)11-6/h1-3H,4H2,(H,11,14). The Labute approximate surface area is 93.2 Å². The second-order valence-electron chi connectivity index (χ2n) is 2.75. The summed E-state index contributed by atoms with van der Waals surface area (Å²) < 4.78 is 5.24. The summed E-state index contributed by atoms with van der Waals surface area (Å²) in [5.41, 5.74) is 1.83. The van der Waals surface area contributed by atoms with Gasteiger partial charge in [0.2, 0.25) is 0 Å². The van der Waals surface area contributed by atoms with Crippen LogP contribution < -0.4 is 0 Å². The molecule has 0 spiro atoms. The van der Waals surface area contributed by atoms with Crippen LogP contribution in [-0.2, 0) is 0 Å². The zero-order chi connectivity index (χ0) is 10.1. The third-order valence-electron chi connectivity index (χ3n) is 1.87. The Morgan fingerprint density at radius 2 is 2.36 bits per heavy atom. The Kier molecular flexibility index (Phi) is 2.52. The predicted octanol–water partition coefficient (Wildman–Crippen LogP) is 3.07. The molecule has 14 heavy (non-hydrogen) atoms. The van der Waals surface area contributed by atoms with Gasteiger partial charge in [0.05, 0.1) is 16.4 Å². The fourth-order valence-corrected chi connectivity index (χ4v) is 1.76. The molecule has 2 aromatic rings. The molecule has 1 aromatic carbocycles. The molecule has 72 valence electrons. The molecule has 1 aromatic heterocycles. The number of hydrogen-bond donors (Lipinski definition) is 1. The summed E-state index contributed by atoms with van der Waals surface area (Å²) in [5.74, 6) is -0.0200. The van der Waals surface area contributed by atoms with Gasteiger partial charge in [-0.05, 0) is 24.4 Å². The molecule has 5 heteroatoms. The number of benzene rings is 1. The van der Waals surface area contributed by atoms with Crippen molar-refractivity contribution in [3.05, 3.63) is 28.6 Å². The molecular formula is C9H6BrNO2S. The third-order valence-corrected chi connectivity index (χ3v) is 2.56. The highest BCUT2D eigenvalue weighted by Gasteiger charge is 2.11. The van der Waals surface area contributed by atoms with Crippen molar-refractivity contribution < 1.29 is 9.21 Å². The van der Waals surface area contributed by atoms with Crippen LogP contribution in [0.2, 0.25) is 0 Å². The molecule has 0 fully saturated rings. The van der Waals surface area contributed by atoms with Crippen LogP contribution in [0.3, 0.4) is 0 Å². The molecular weight excluding hydrogens is 266 g/mol. The van der Waals surface area contributed by atoms with E-state index in [2.05, 4.69) is 20.9 Å². The van der Waals surface area contributed by atoms with E-state index < -0.39 is 0 Å². The first-order chi connectivity index (χ1) is 6.72. The molecule has 1 N–H and O–H groups in total. The molecule has 0 aliphatic heterocycles. The number of alkyl halides is 1. The second kappa shape index (κ2) is 3.67. The number of halogens is 1. The van der Waals surface area contributed by atoms with Crippen LogP contribution in [0.25, 0.3) is 11.1 Å². The molecule has 3 nitrogen and oxygen atoms in total. The molecule has 0 aliphatic rings. The quantitative estimate of drug-likeness (QED) is 0.519. The van der Waals surface area contributed by atoms with E-state index in [0.29, 0.717) is 11.1 Å². The van der Waals surface area contributed by atoms with Crippen molar-refractivity contribution >= 4 is 45.0 Å². The number of rotatable bonds is 2. The topological polar surface area (TPSA) is 46.0 Å². The van der Waals surface area contributed by atoms with Gasteiger partial charge in [0.15, 0.2) is 11.4 Å². The maximum atomic E-state index is 11.5. The number of oxazole rings is 1. The van der Waals surface area contributed by atoms with Gasteiger partial charge < -0.3 is 9.40 Å². The van der Waals surface area contributed by atoms with E-state index in [1.807, 2.05) is 6.07 Å². The Bertz CT molecular complexity index is 543. The molecule has 1 heterocycles. The average molecular weight is 272 g/mol. The molecule has 0 unspecified atom stereocenters. The van der Waals surface area contributed by atoms with Gasteiger partial charge >= 0.3 is 0 Å². The van der Waals surface area contributed by atoms with Crippen LogP contribution >= 0.6 is 28.1 Å². The summed E-state index contributed by atoms with van der Waals surface area (Å²) in [7, 11) is 0. The van der Waals surface area contributed by atoms with Gasteiger partial charge in [-0.25, -0.2) is 0 Å². The highest BCUT2D eigenvalue weighted by molar-refractivity contribution is 9.09. The van der Waals surface area contributed by atoms with Crippen molar-refractivity contribution in [1.82, 2.24) is 4.98 Å². The maximum absolute atomic E-state index is 11.5. The highest BCUT2D eigenvalue weighted by atomic mass is 79.9. The molecule has 0 bridgehead atoms. The van der Waals surface area contributed by atoms with Gasteiger partial charge in [-0.1, -0.05) is 22.0 Å². The maximum Gasteiger partial charge on any atom is 0.266 e. The van der Waals surface area contributed by atoms with Gasteiger partial charge in [-0.3, -0.25) is 4.79 Å². The first kappa shape index (κ1) is 9.61. The number of carbonyl (C=O) groups excluding carboxylic acids is 1. The number of Topliss-reactive ketones (excluding diaryl/α,β-unsaturated/α-hetero) is 1. The lowest BCUT2D eigenvalue weighted by atomic mass is 10.1. The second-order valence-corrected chi connectivity index (χ2v) is 3.69. The summed E-state index contributed by atoms with van der Waals surface area (Å²) in [4.78, 5) is 14.6. The SMILES string of the molecule is O=C(CBr)c1cccc2[nH]c(=S)oc12. The largest absolute Gasteiger partial charge is 0.429 e. The molecule has 0 aliphatic carbocycles. The molecule has 0 atom stereocenters. The normalized spacial score (nSPS) is 10.6. The third kappa shape index (κ3) is 1.53. The van der Waals surface area contributed by atoms with Crippen LogP contribution in [0, 0.1) is 4.84 Å². The Morgan fingerprint density at radius 3 is 3.07 bits per heavy atom. The summed E-state index contributed by atoms with van der Waals surface area (Å²) in [6.45, 7) is 0. The number of hydrogen-bond acceptors (Lipinski definition) is 3. The minimum atomic E-state index is -0.0200. The van der Waals surface area contributed by atoms with Crippen LogP contribution in [0.5, 0.6) is 0 Å². The first-order valence-corrected chi connectivity index (χ1v) is 5.46. The van der Waals surface area contributed by atoms with Crippen molar-refractivity contribution in [2.45, 2.75) is 0 Å². The van der Waals surface area contributed by atoms with Gasteiger partial charge in [0.1, 0.15) is 0 Å². The minimum absolute atomic E-state index is 0.0200.